The normalized spacial score (nSPS) is 10.4. The number of carbonyl (C=O) groups excluding carboxylic acids is 1. The van der Waals surface area contributed by atoms with Crippen molar-refractivity contribution in [3.63, 3.8) is 0 Å². The van der Waals surface area contributed by atoms with Crippen LogP contribution in [0.2, 0.25) is 0 Å². The molecule has 0 spiro atoms. The van der Waals surface area contributed by atoms with Crippen LogP contribution in [0.4, 0.5) is 5.69 Å². The maximum Gasteiger partial charge on any atom is 0.270 e. The zero-order chi connectivity index (χ0) is 25.4. The number of carbonyl (C=O) groups is 1. The minimum atomic E-state index is -0.468. The quantitative estimate of drug-likeness (QED) is 0.289. The Hall–Kier alpha value is -4.27. The first-order valence-corrected chi connectivity index (χ1v) is 10.9. The van der Waals surface area contributed by atoms with Gasteiger partial charge < -0.3 is 23.8 Å². The molecule has 0 aliphatic rings. The predicted molar refractivity (Wildman–Crippen MR) is 131 cm³/mol. The van der Waals surface area contributed by atoms with Crippen molar-refractivity contribution in [2.45, 2.75) is 13.5 Å². The summed E-state index contributed by atoms with van der Waals surface area (Å²) in [7, 11) is 4.68. The second kappa shape index (κ2) is 11.7. The zero-order valence-corrected chi connectivity index (χ0v) is 20.1. The van der Waals surface area contributed by atoms with Crippen LogP contribution in [0.5, 0.6) is 23.0 Å². The lowest BCUT2D eigenvalue weighted by Crippen LogP contribution is -2.34. The van der Waals surface area contributed by atoms with Crippen molar-refractivity contribution >= 4 is 11.6 Å². The molecule has 0 aliphatic carbocycles. The smallest absolute Gasteiger partial charge is 0.270 e. The molecular weight excluding hydrogens is 452 g/mol. The van der Waals surface area contributed by atoms with Gasteiger partial charge in [-0.2, -0.15) is 0 Å². The number of hydrogen-bond donors (Lipinski definition) is 0. The van der Waals surface area contributed by atoms with E-state index in [-0.39, 0.29) is 18.2 Å². The molecule has 9 heteroatoms. The van der Waals surface area contributed by atoms with Gasteiger partial charge in [0.15, 0.2) is 18.1 Å². The lowest BCUT2D eigenvalue weighted by Gasteiger charge is -2.22. The number of rotatable bonds is 11. The summed E-state index contributed by atoms with van der Waals surface area (Å²) in [5, 5.41) is 11.3. The van der Waals surface area contributed by atoms with Gasteiger partial charge in [0, 0.05) is 30.8 Å². The molecule has 0 heterocycles. The van der Waals surface area contributed by atoms with E-state index in [0.717, 1.165) is 5.56 Å². The monoisotopic (exact) mass is 480 g/mol. The van der Waals surface area contributed by atoms with E-state index >= 15 is 0 Å². The minimum Gasteiger partial charge on any atom is -0.497 e. The first kappa shape index (κ1) is 25.4. The van der Waals surface area contributed by atoms with Crippen LogP contribution in [0.3, 0.4) is 0 Å². The maximum atomic E-state index is 13.0. The summed E-state index contributed by atoms with van der Waals surface area (Å²) >= 11 is 0. The Labute approximate surface area is 203 Å². The molecule has 0 fully saturated rings. The Bertz CT molecular complexity index is 1180. The summed E-state index contributed by atoms with van der Waals surface area (Å²) in [5.74, 6) is 2.00. The fourth-order valence-electron chi connectivity index (χ4n) is 3.56. The number of nitro groups is 1. The van der Waals surface area contributed by atoms with Gasteiger partial charge in [0.25, 0.3) is 11.6 Å². The highest BCUT2D eigenvalue weighted by molar-refractivity contribution is 5.79. The lowest BCUT2D eigenvalue weighted by molar-refractivity contribution is -0.384. The van der Waals surface area contributed by atoms with E-state index < -0.39 is 4.92 Å². The van der Waals surface area contributed by atoms with Gasteiger partial charge in [-0.3, -0.25) is 14.9 Å². The van der Waals surface area contributed by atoms with Crippen molar-refractivity contribution in [2.75, 3.05) is 34.5 Å². The van der Waals surface area contributed by atoms with Crippen molar-refractivity contribution in [1.29, 1.82) is 0 Å². The molecule has 0 aliphatic heterocycles. The molecule has 35 heavy (non-hydrogen) atoms. The van der Waals surface area contributed by atoms with Gasteiger partial charge in [-0.05, 0) is 48.4 Å². The second-order valence-corrected chi connectivity index (χ2v) is 7.55. The molecule has 3 aromatic rings. The molecule has 0 saturated carbocycles. The molecule has 0 saturated heterocycles. The van der Waals surface area contributed by atoms with Crippen LogP contribution < -0.4 is 18.9 Å². The van der Waals surface area contributed by atoms with Crippen molar-refractivity contribution < 1.29 is 28.7 Å². The molecule has 0 atom stereocenters. The average Bonchev–Trinajstić information content (AvgIpc) is 2.90. The van der Waals surface area contributed by atoms with E-state index in [4.69, 9.17) is 18.9 Å². The third-order valence-corrected chi connectivity index (χ3v) is 5.48. The SMILES string of the molecule is CCN(Cc1ccc(OC)c(OC)c1)C(=O)COc1ccc([N+](=O)[O-])cc1-c1ccc(OC)cc1. The Kier molecular flexibility index (Phi) is 8.50. The highest BCUT2D eigenvalue weighted by atomic mass is 16.6. The summed E-state index contributed by atoms with van der Waals surface area (Å²) in [4.78, 5) is 25.5. The van der Waals surface area contributed by atoms with Crippen molar-refractivity contribution in [3.8, 4) is 34.1 Å². The fraction of sp³-hybridized carbons (Fsp3) is 0.269. The molecule has 0 radical (unpaired) electrons. The number of nitro benzene ring substituents is 1. The average molecular weight is 481 g/mol. The van der Waals surface area contributed by atoms with Gasteiger partial charge in [-0.1, -0.05) is 18.2 Å². The van der Waals surface area contributed by atoms with E-state index in [0.29, 0.717) is 47.2 Å². The van der Waals surface area contributed by atoms with Gasteiger partial charge in [0.1, 0.15) is 11.5 Å². The van der Waals surface area contributed by atoms with Crippen LogP contribution in [0, 0.1) is 10.1 Å². The molecule has 0 unspecified atom stereocenters. The van der Waals surface area contributed by atoms with Gasteiger partial charge in [-0.25, -0.2) is 0 Å². The lowest BCUT2D eigenvalue weighted by atomic mass is 10.0. The van der Waals surface area contributed by atoms with Crippen molar-refractivity contribution in [1.82, 2.24) is 4.90 Å². The Morgan fingerprint density at radius 2 is 1.57 bits per heavy atom. The molecule has 3 aromatic carbocycles. The highest BCUT2D eigenvalue weighted by Crippen LogP contribution is 2.34. The van der Waals surface area contributed by atoms with Gasteiger partial charge in [-0.15, -0.1) is 0 Å². The highest BCUT2D eigenvalue weighted by Gasteiger charge is 2.18. The largest absolute Gasteiger partial charge is 0.497 e. The van der Waals surface area contributed by atoms with E-state index in [1.54, 1.807) is 56.6 Å². The first-order valence-electron chi connectivity index (χ1n) is 10.9. The van der Waals surface area contributed by atoms with Crippen LogP contribution in [0.1, 0.15) is 12.5 Å². The summed E-state index contributed by atoms with van der Waals surface area (Å²) in [6, 6.07) is 16.9. The first-order chi connectivity index (χ1) is 16.9. The van der Waals surface area contributed by atoms with Crippen molar-refractivity contribution in [2.24, 2.45) is 0 Å². The topological polar surface area (TPSA) is 100 Å². The standard InChI is InChI=1S/C26H28N2O7/c1-5-27(16-18-6-12-24(33-3)25(14-18)34-4)26(29)17-35-23-13-9-20(28(30)31)15-22(23)19-7-10-21(32-2)11-8-19/h6-15H,5,16-17H2,1-4H3. The fourth-order valence-corrected chi connectivity index (χ4v) is 3.56. The summed E-state index contributed by atoms with van der Waals surface area (Å²) in [5.41, 5.74) is 2.03. The number of benzene rings is 3. The molecule has 0 N–H and O–H groups in total. The number of hydrogen-bond acceptors (Lipinski definition) is 7. The number of methoxy groups -OCH3 is 3. The van der Waals surface area contributed by atoms with E-state index in [9.17, 15) is 14.9 Å². The van der Waals surface area contributed by atoms with Crippen LogP contribution in [0.15, 0.2) is 60.7 Å². The Morgan fingerprint density at radius 3 is 2.17 bits per heavy atom. The van der Waals surface area contributed by atoms with Crippen LogP contribution in [-0.2, 0) is 11.3 Å². The van der Waals surface area contributed by atoms with E-state index in [1.165, 1.54) is 18.2 Å². The number of non-ortho nitro benzene ring substituents is 1. The predicted octanol–water partition coefficient (Wildman–Crippen LogP) is 4.72. The van der Waals surface area contributed by atoms with Crippen LogP contribution in [0.25, 0.3) is 11.1 Å². The zero-order valence-electron chi connectivity index (χ0n) is 20.1. The summed E-state index contributed by atoms with van der Waals surface area (Å²) in [6.07, 6.45) is 0. The van der Waals surface area contributed by atoms with Crippen LogP contribution >= 0.6 is 0 Å². The minimum absolute atomic E-state index is 0.0712. The summed E-state index contributed by atoms with van der Waals surface area (Å²) in [6.45, 7) is 2.50. The number of nitrogens with zero attached hydrogens (tertiary/aromatic N) is 2. The molecule has 0 bridgehead atoms. The third-order valence-electron chi connectivity index (χ3n) is 5.48. The van der Waals surface area contributed by atoms with E-state index in [2.05, 4.69) is 0 Å². The van der Waals surface area contributed by atoms with Gasteiger partial charge in [0.2, 0.25) is 0 Å². The molecular formula is C26H28N2O7. The molecule has 3 rings (SSSR count). The Balaban J connectivity index is 1.78. The molecule has 0 aromatic heterocycles. The number of amides is 1. The third kappa shape index (κ3) is 6.20. The molecule has 9 nitrogen and oxygen atoms in total. The number of ether oxygens (including phenoxy) is 4. The number of likely N-dealkylation sites (N-methyl/N-ethyl adjacent to an activating group) is 1. The Morgan fingerprint density at radius 1 is 0.886 bits per heavy atom. The van der Waals surface area contributed by atoms with Crippen LogP contribution in [-0.4, -0.2) is 50.2 Å². The molecule has 1 amide bonds. The second-order valence-electron chi connectivity index (χ2n) is 7.55. The van der Waals surface area contributed by atoms with E-state index in [1.807, 2.05) is 19.1 Å². The van der Waals surface area contributed by atoms with Gasteiger partial charge >= 0.3 is 0 Å². The van der Waals surface area contributed by atoms with Crippen molar-refractivity contribution in [3.05, 3.63) is 76.3 Å². The maximum absolute atomic E-state index is 13.0. The molecule has 184 valence electrons. The summed E-state index contributed by atoms with van der Waals surface area (Å²) < 4.78 is 21.7. The van der Waals surface area contributed by atoms with Gasteiger partial charge in [0.05, 0.1) is 26.3 Å².